The van der Waals surface area contributed by atoms with Crippen molar-refractivity contribution in [1.29, 1.82) is 0 Å². The molecule has 0 aromatic heterocycles. The van der Waals surface area contributed by atoms with Gasteiger partial charge in [-0.2, -0.15) is 0 Å². The molecule has 2 nitrogen and oxygen atoms in total. The van der Waals surface area contributed by atoms with Gasteiger partial charge in [-0.05, 0) is 64.7 Å². The van der Waals surface area contributed by atoms with Gasteiger partial charge in [0.05, 0.1) is 0 Å². The zero-order valence-electron chi connectivity index (χ0n) is 11.8. The first-order chi connectivity index (χ1) is 8.35. The molecular weight excluding hydrogens is 208 g/mol. The van der Waals surface area contributed by atoms with E-state index in [9.17, 15) is 0 Å². The van der Waals surface area contributed by atoms with Gasteiger partial charge in [0.1, 0.15) is 0 Å². The minimum atomic E-state index is 0.895. The van der Waals surface area contributed by atoms with Crippen LogP contribution < -0.4 is 0 Å². The highest BCUT2D eigenvalue weighted by atomic mass is 15.2. The summed E-state index contributed by atoms with van der Waals surface area (Å²) in [5.74, 6) is 0. The fourth-order valence-corrected chi connectivity index (χ4v) is 3.73. The first kappa shape index (κ1) is 13.4. The van der Waals surface area contributed by atoms with Crippen LogP contribution in [0.15, 0.2) is 0 Å². The second-order valence-electron chi connectivity index (χ2n) is 5.87. The fraction of sp³-hybridized carbons (Fsp3) is 1.00. The van der Waals surface area contributed by atoms with E-state index < -0.39 is 0 Å². The molecule has 0 radical (unpaired) electrons. The van der Waals surface area contributed by atoms with Crippen molar-refractivity contribution in [2.45, 2.75) is 70.9 Å². The van der Waals surface area contributed by atoms with Crippen LogP contribution in [-0.4, -0.2) is 48.1 Å². The average molecular weight is 238 g/mol. The molecule has 2 saturated heterocycles. The molecule has 2 heteroatoms. The molecule has 0 amide bonds. The zero-order valence-corrected chi connectivity index (χ0v) is 11.8. The molecular formula is C15H30N2. The lowest BCUT2D eigenvalue weighted by Gasteiger charge is -2.44. The molecule has 2 fully saturated rings. The van der Waals surface area contributed by atoms with Gasteiger partial charge in [-0.25, -0.2) is 0 Å². The minimum absolute atomic E-state index is 0.895. The molecule has 0 aromatic rings. The van der Waals surface area contributed by atoms with Gasteiger partial charge in [-0.15, -0.1) is 0 Å². The van der Waals surface area contributed by atoms with E-state index in [0.29, 0.717) is 0 Å². The van der Waals surface area contributed by atoms with Crippen LogP contribution in [0.25, 0.3) is 0 Å². The molecule has 2 aliphatic heterocycles. The maximum atomic E-state index is 2.85. The highest BCUT2D eigenvalue weighted by Crippen LogP contribution is 2.26. The molecule has 2 aliphatic rings. The lowest BCUT2D eigenvalue weighted by molar-refractivity contribution is 0.0488. The minimum Gasteiger partial charge on any atom is -0.303 e. The third kappa shape index (κ3) is 3.45. The van der Waals surface area contributed by atoms with Crippen LogP contribution in [0, 0.1) is 0 Å². The number of piperidine rings is 2. The monoisotopic (exact) mass is 238 g/mol. The van der Waals surface area contributed by atoms with Crippen LogP contribution in [0.1, 0.15) is 58.8 Å². The van der Waals surface area contributed by atoms with Gasteiger partial charge in [-0.3, -0.25) is 4.90 Å². The summed E-state index contributed by atoms with van der Waals surface area (Å²) in [4.78, 5) is 5.51. The van der Waals surface area contributed by atoms with Gasteiger partial charge in [0.25, 0.3) is 0 Å². The predicted molar refractivity (Wildman–Crippen MR) is 74.4 cm³/mol. The Kier molecular flexibility index (Phi) is 5.30. The summed E-state index contributed by atoms with van der Waals surface area (Å²) in [6, 6.07) is 1.79. The molecule has 1 unspecified atom stereocenters. The summed E-state index contributed by atoms with van der Waals surface area (Å²) >= 11 is 0. The maximum absolute atomic E-state index is 2.85. The number of hydrogen-bond donors (Lipinski definition) is 0. The summed E-state index contributed by atoms with van der Waals surface area (Å²) in [5, 5.41) is 0. The summed E-state index contributed by atoms with van der Waals surface area (Å²) in [7, 11) is 0. The number of rotatable bonds is 4. The van der Waals surface area contributed by atoms with E-state index >= 15 is 0 Å². The Hall–Kier alpha value is -0.0800. The molecule has 0 N–H and O–H groups in total. The van der Waals surface area contributed by atoms with Crippen LogP contribution in [0.4, 0.5) is 0 Å². The second kappa shape index (κ2) is 6.75. The molecule has 2 heterocycles. The summed E-state index contributed by atoms with van der Waals surface area (Å²) < 4.78 is 0. The molecule has 0 aromatic carbocycles. The Balaban J connectivity index is 1.82. The van der Waals surface area contributed by atoms with E-state index in [1.165, 1.54) is 71.1 Å². The molecule has 17 heavy (non-hydrogen) atoms. The van der Waals surface area contributed by atoms with Gasteiger partial charge < -0.3 is 4.90 Å². The van der Waals surface area contributed by atoms with Crippen molar-refractivity contribution in [3.63, 3.8) is 0 Å². The maximum Gasteiger partial charge on any atom is 0.0122 e. The Morgan fingerprint density at radius 1 is 0.941 bits per heavy atom. The van der Waals surface area contributed by atoms with Gasteiger partial charge in [-0.1, -0.05) is 20.3 Å². The Morgan fingerprint density at radius 2 is 1.71 bits per heavy atom. The quantitative estimate of drug-likeness (QED) is 0.742. The molecule has 0 saturated carbocycles. The molecule has 0 aliphatic carbocycles. The van der Waals surface area contributed by atoms with Gasteiger partial charge in [0.15, 0.2) is 0 Å². The van der Waals surface area contributed by atoms with E-state index in [0.717, 1.165) is 12.1 Å². The average Bonchev–Trinajstić information content (AvgIpc) is 2.40. The van der Waals surface area contributed by atoms with Crippen LogP contribution in [-0.2, 0) is 0 Å². The topological polar surface area (TPSA) is 6.48 Å². The first-order valence-corrected chi connectivity index (χ1v) is 7.83. The lowest BCUT2D eigenvalue weighted by Crippen LogP contribution is -2.50. The van der Waals surface area contributed by atoms with Crippen LogP contribution in [0.3, 0.4) is 0 Å². The standard InChI is InChI=1S/C15H30N2/c1-3-10-16-12-8-15(9-13-16)17-11-6-5-7-14(17)4-2/h14-15H,3-13H2,1-2H3. The third-order valence-electron chi connectivity index (χ3n) is 4.71. The molecule has 2 rings (SSSR count). The highest BCUT2D eigenvalue weighted by molar-refractivity contribution is 4.86. The van der Waals surface area contributed by atoms with E-state index in [1.807, 2.05) is 0 Å². The normalized spacial score (nSPS) is 29.6. The first-order valence-electron chi connectivity index (χ1n) is 7.83. The van der Waals surface area contributed by atoms with E-state index in [2.05, 4.69) is 23.6 Å². The van der Waals surface area contributed by atoms with Gasteiger partial charge >= 0.3 is 0 Å². The SMILES string of the molecule is CCCN1CCC(N2CCCCC2CC)CC1. The van der Waals surface area contributed by atoms with Crippen molar-refractivity contribution in [2.24, 2.45) is 0 Å². The van der Waals surface area contributed by atoms with E-state index in [4.69, 9.17) is 0 Å². The van der Waals surface area contributed by atoms with Crippen molar-refractivity contribution >= 4 is 0 Å². The predicted octanol–water partition coefficient (Wildman–Crippen LogP) is 3.13. The second-order valence-corrected chi connectivity index (χ2v) is 5.87. The van der Waals surface area contributed by atoms with Crippen molar-refractivity contribution in [1.82, 2.24) is 9.80 Å². The summed E-state index contributed by atoms with van der Waals surface area (Å²) in [5.41, 5.74) is 0. The number of nitrogens with zero attached hydrogens (tertiary/aromatic N) is 2. The van der Waals surface area contributed by atoms with Gasteiger partial charge in [0.2, 0.25) is 0 Å². The van der Waals surface area contributed by atoms with Crippen LogP contribution in [0.2, 0.25) is 0 Å². The number of hydrogen-bond acceptors (Lipinski definition) is 2. The lowest BCUT2D eigenvalue weighted by atomic mass is 9.94. The summed E-state index contributed by atoms with van der Waals surface area (Å²) in [6.07, 6.45) is 9.84. The number of likely N-dealkylation sites (tertiary alicyclic amines) is 2. The molecule has 0 spiro atoms. The Morgan fingerprint density at radius 3 is 2.35 bits per heavy atom. The van der Waals surface area contributed by atoms with Crippen molar-refractivity contribution < 1.29 is 0 Å². The Labute approximate surface area is 107 Å². The van der Waals surface area contributed by atoms with Crippen molar-refractivity contribution in [2.75, 3.05) is 26.2 Å². The smallest absolute Gasteiger partial charge is 0.0122 e. The Bertz CT molecular complexity index is 209. The van der Waals surface area contributed by atoms with E-state index in [-0.39, 0.29) is 0 Å². The molecule has 0 bridgehead atoms. The highest BCUT2D eigenvalue weighted by Gasteiger charge is 2.29. The fourth-order valence-electron chi connectivity index (χ4n) is 3.73. The van der Waals surface area contributed by atoms with E-state index in [1.54, 1.807) is 0 Å². The zero-order chi connectivity index (χ0) is 12.1. The summed E-state index contributed by atoms with van der Waals surface area (Å²) in [6.45, 7) is 10.0. The van der Waals surface area contributed by atoms with Crippen LogP contribution >= 0.6 is 0 Å². The largest absolute Gasteiger partial charge is 0.303 e. The third-order valence-corrected chi connectivity index (χ3v) is 4.71. The van der Waals surface area contributed by atoms with Gasteiger partial charge in [0, 0.05) is 12.1 Å². The van der Waals surface area contributed by atoms with Crippen molar-refractivity contribution in [3.05, 3.63) is 0 Å². The van der Waals surface area contributed by atoms with Crippen LogP contribution in [0.5, 0.6) is 0 Å². The molecule has 1 atom stereocenters. The van der Waals surface area contributed by atoms with Crippen molar-refractivity contribution in [3.8, 4) is 0 Å². The molecule has 100 valence electrons.